The van der Waals surface area contributed by atoms with E-state index in [1.54, 1.807) is 12.1 Å². The molecule has 0 aliphatic carbocycles. The zero-order valence-corrected chi connectivity index (χ0v) is 12.4. The highest BCUT2D eigenvalue weighted by Crippen LogP contribution is 2.24. The van der Waals surface area contributed by atoms with E-state index in [-0.39, 0.29) is 10.6 Å². The maximum atomic E-state index is 10.8. The quantitative estimate of drug-likeness (QED) is 0.617. The minimum atomic E-state index is -0.347. The average molecular weight is 264 g/mol. The second-order valence-electron chi connectivity index (χ2n) is 5.85. The second kappa shape index (κ2) is 6.55. The van der Waals surface area contributed by atoms with Crippen LogP contribution >= 0.6 is 0 Å². The van der Waals surface area contributed by atoms with Gasteiger partial charge in [0.1, 0.15) is 0 Å². The van der Waals surface area contributed by atoms with Gasteiger partial charge in [-0.1, -0.05) is 27.7 Å². The molecule has 0 bridgehead atoms. The van der Waals surface area contributed by atoms with Gasteiger partial charge in [-0.2, -0.15) is 0 Å². The Morgan fingerprint density at radius 2 is 1.74 bits per heavy atom. The molecule has 0 spiro atoms. The van der Waals surface area contributed by atoms with Gasteiger partial charge in [0.2, 0.25) is 0 Å². The highest BCUT2D eigenvalue weighted by atomic mass is 16.6. The van der Waals surface area contributed by atoms with Crippen molar-refractivity contribution in [1.29, 1.82) is 0 Å². The van der Waals surface area contributed by atoms with E-state index in [2.05, 4.69) is 33.0 Å². The number of nitrogens with zero attached hydrogens (tertiary/aromatic N) is 1. The largest absolute Gasteiger partial charge is 0.385 e. The van der Waals surface area contributed by atoms with Crippen LogP contribution in [0.2, 0.25) is 0 Å². The molecule has 0 atom stereocenters. The van der Waals surface area contributed by atoms with Gasteiger partial charge in [0.25, 0.3) is 5.69 Å². The SMILES string of the molecule is Cc1cc(NCC(C(C)C)C(C)C)cc([N+](=O)[O-])c1. The number of rotatable bonds is 6. The van der Waals surface area contributed by atoms with Gasteiger partial charge in [-0.3, -0.25) is 10.1 Å². The standard InChI is InChI=1S/C15H24N2O2/c1-10(2)15(11(3)4)9-16-13-6-12(5)7-14(8-13)17(18)19/h6-8,10-11,15-16H,9H2,1-5H3. The van der Waals surface area contributed by atoms with Crippen molar-refractivity contribution in [2.45, 2.75) is 34.6 Å². The van der Waals surface area contributed by atoms with Crippen LogP contribution in [-0.2, 0) is 0 Å². The first-order chi connectivity index (χ1) is 8.81. The first-order valence-corrected chi connectivity index (χ1v) is 6.81. The molecular weight excluding hydrogens is 240 g/mol. The number of hydrogen-bond acceptors (Lipinski definition) is 3. The predicted molar refractivity (Wildman–Crippen MR) is 79.5 cm³/mol. The van der Waals surface area contributed by atoms with Crippen LogP contribution < -0.4 is 5.32 Å². The lowest BCUT2D eigenvalue weighted by Crippen LogP contribution is -2.24. The van der Waals surface area contributed by atoms with Gasteiger partial charge in [-0.15, -0.1) is 0 Å². The van der Waals surface area contributed by atoms with Crippen molar-refractivity contribution in [3.63, 3.8) is 0 Å². The topological polar surface area (TPSA) is 55.2 Å². The molecule has 0 fully saturated rings. The van der Waals surface area contributed by atoms with Crippen LogP contribution in [0.1, 0.15) is 33.3 Å². The van der Waals surface area contributed by atoms with E-state index in [9.17, 15) is 10.1 Å². The normalized spacial score (nSPS) is 11.4. The minimum absolute atomic E-state index is 0.146. The number of nitrogens with one attached hydrogen (secondary N) is 1. The van der Waals surface area contributed by atoms with E-state index in [0.29, 0.717) is 17.8 Å². The third kappa shape index (κ3) is 4.54. The van der Waals surface area contributed by atoms with Crippen LogP contribution in [-0.4, -0.2) is 11.5 Å². The number of hydrogen-bond donors (Lipinski definition) is 1. The Kier molecular flexibility index (Phi) is 5.33. The minimum Gasteiger partial charge on any atom is -0.385 e. The van der Waals surface area contributed by atoms with Crippen LogP contribution in [0.4, 0.5) is 11.4 Å². The van der Waals surface area contributed by atoms with E-state index in [0.717, 1.165) is 17.8 Å². The third-order valence-corrected chi connectivity index (χ3v) is 3.53. The van der Waals surface area contributed by atoms with Crippen molar-refractivity contribution in [3.8, 4) is 0 Å². The summed E-state index contributed by atoms with van der Waals surface area (Å²) >= 11 is 0. The summed E-state index contributed by atoms with van der Waals surface area (Å²) in [6.07, 6.45) is 0. The summed E-state index contributed by atoms with van der Waals surface area (Å²) in [6, 6.07) is 5.14. The molecule has 1 N–H and O–H groups in total. The van der Waals surface area contributed by atoms with Crippen molar-refractivity contribution < 1.29 is 4.92 Å². The molecule has 0 heterocycles. The molecule has 0 amide bonds. The number of nitro benzene ring substituents is 1. The smallest absolute Gasteiger partial charge is 0.271 e. The van der Waals surface area contributed by atoms with Crippen molar-refractivity contribution >= 4 is 11.4 Å². The molecule has 0 aromatic heterocycles. The van der Waals surface area contributed by atoms with Crippen LogP contribution in [0.5, 0.6) is 0 Å². The molecule has 1 rings (SSSR count). The van der Waals surface area contributed by atoms with Gasteiger partial charge < -0.3 is 5.32 Å². The highest BCUT2D eigenvalue weighted by molar-refractivity contribution is 5.53. The van der Waals surface area contributed by atoms with Crippen LogP contribution in [0.15, 0.2) is 18.2 Å². The van der Waals surface area contributed by atoms with Crippen molar-refractivity contribution in [2.75, 3.05) is 11.9 Å². The monoisotopic (exact) mass is 264 g/mol. The number of aryl methyl sites for hydroxylation is 1. The van der Waals surface area contributed by atoms with E-state index >= 15 is 0 Å². The Morgan fingerprint density at radius 3 is 2.21 bits per heavy atom. The fourth-order valence-electron chi connectivity index (χ4n) is 2.45. The maximum absolute atomic E-state index is 10.8. The molecule has 0 aliphatic heterocycles. The predicted octanol–water partition coefficient (Wildman–Crippen LogP) is 4.24. The van der Waals surface area contributed by atoms with Gasteiger partial charge in [0.05, 0.1) is 4.92 Å². The van der Waals surface area contributed by atoms with Crippen molar-refractivity contribution in [3.05, 3.63) is 33.9 Å². The molecule has 1 aromatic rings. The van der Waals surface area contributed by atoms with Crippen LogP contribution in [0, 0.1) is 34.8 Å². The Morgan fingerprint density at radius 1 is 1.16 bits per heavy atom. The number of non-ortho nitro benzene ring substituents is 1. The zero-order valence-electron chi connectivity index (χ0n) is 12.4. The first kappa shape index (κ1) is 15.5. The lowest BCUT2D eigenvalue weighted by Gasteiger charge is -2.25. The molecule has 0 aliphatic rings. The molecule has 106 valence electrons. The molecule has 1 aromatic carbocycles. The summed E-state index contributed by atoms with van der Waals surface area (Å²) in [4.78, 5) is 10.5. The van der Waals surface area contributed by atoms with Gasteiger partial charge in [-0.05, 0) is 36.3 Å². The summed E-state index contributed by atoms with van der Waals surface area (Å²) in [6.45, 7) is 11.6. The molecule has 0 radical (unpaired) electrons. The van der Waals surface area contributed by atoms with E-state index in [1.165, 1.54) is 0 Å². The Bertz CT molecular complexity index is 434. The maximum Gasteiger partial charge on any atom is 0.271 e. The molecule has 4 nitrogen and oxygen atoms in total. The Balaban J connectivity index is 2.79. The lowest BCUT2D eigenvalue weighted by molar-refractivity contribution is -0.384. The summed E-state index contributed by atoms with van der Waals surface area (Å²) in [7, 11) is 0. The molecule has 19 heavy (non-hydrogen) atoms. The highest BCUT2D eigenvalue weighted by Gasteiger charge is 2.17. The average Bonchev–Trinajstić information content (AvgIpc) is 2.27. The fraction of sp³-hybridized carbons (Fsp3) is 0.600. The van der Waals surface area contributed by atoms with Crippen LogP contribution in [0.3, 0.4) is 0 Å². The van der Waals surface area contributed by atoms with Gasteiger partial charge in [0.15, 0.2) is 0 Å². The third-order valence-electron chi connectivity index (χ3n) is 3.53. The summed E-state index contributed by atoms with van der Waals surface area (Å²) in [5.41, 5.74) is 1.88. The van der Waals surface area contributed by atoms with Crippen LogP contribution in [0.25, 0.3) is 0 Å². The molecule has 0 saturated heterocycles. The molecular formula is C15H24N2O2. The first-order valence-electron chi connectivity index (χ1n) is 6.81. The van der Waals surface area contributed by atoms with Crippen molar-refractivity contribution in [1.82, 2.24) is 0 Å². The zero-order chi connectivity index (χ0) is 14.6. The summed E-state index contributed by atoms with van der Waals surface area (Å²) < 4.78 is 0. The molecule has 0 unspecified atom stereocenters. The lowest BCUT2D eigenvalue weighted by atomic mass is 9.85. The second-order valence-corrected chi connectivity index (χ2v) is 5.85. The molecule has 4 heteroatoms. The van der Waals surface area contributed by atoms with Gasteiger partial charge in [0, 0.05) is 24.4 Å². The van der Waals surface area contributed by atoms with E-state index in [4.69, 9.17) is 0 Å². The van der Waals surface area contributed by atoms with Crippen molar-refractivity contribution in [2.24, 2.45) is 17.8 Å². The summed E-state index contributed by atoms with van der Waals surface area (Å²) in [5, 5.41) is 14.2. The molecule has 0 saturated carbocycles. The Labute approximate surface area is 115 Å². The number of nitro groups is 1. The summed E-state index contributed by atoms with van der Waals surface area (Å²) in [5.74, 6) is 1.74. The van der Waals surface area contributed by atoms with E-state index in [1.807, 2.05) is 13.0 Å². The van der Waals surface area contributed by atoms with E-state index < -0.39 is 0 Å². The Hall–Kier alpha value is -1.58. The van der Waals surface area contributed by atoms with Gasteiger partial charge in [-0.25, -0.2) is 0 Å². The number of anilines is 1. The van der Waals surface area contributed by atoms with Gasteiger partial charge >= 0.3 is 0 Å². The number of benzene rings is 1. The fourth-order valence-corrected chi connectivity index (χ4v) is 2.45.